The van der Waals surface area contributed by atoms with Crippen LogP contribution in [0.2, 0.25) is 0 Å². The molecule has 1 fully saturated rings. The third-order valence-corrected chi connectivity index (χ3v) is 14.4. The average molecular weight is 1160 g/mol. The van der Waals surface area contributed by atoms with Crippen LogP contribution in [0.4, 0.5) is 0 Å². The number of hydrogen-bond acceptors (Lipinski definition) is 14. The predicted molar refractivity (Wildman–Crippen MR) is 318 cm³/mol. The van der Waals surface area contributed by atoms with Crippen LogP contribution in [0, 0.1) is 29.6 Å². The third-order valence-electron chi connectivity index (χ3n) is 14.4. The van der Waals surface area contributed by atoms with Crippen molar-refractivity contribution in [2.75, 3.05) is 26.2 Å². The van der Waals surface area contributed by atoms with Gasteiger partial charge in [-0.2, -0.15) is 0 Å². The summed E-state index contributed by atoms with van der Waals surface area (Å²) in [7, 11) is 0. The minimum absolute atomic E-state index is 0.00753. The van der Waals surface area contributed by atoms with Crippen molar-refractivity contribution in [1.29, 1.82) is 0 Å². The molecule has 0 aliphatic carbocycles. The first kappa shape index (κ1) is 70.4. The van der Waals surface area contributed by atoms with Crippen LogP contribution >= 0.6 is 0 Å². The number of nitrogens with two attached hydrogens (primary N) is 4. The number of carbonyl (C=O) groups excluding carboxylic acids is 10. The van der Waals surface area contributed by atoms with Gasteiger partial charge in [0.15, 0.2) is 5.78 Å². The smallest absolute Gasteiger partial charge is 0.243 e. The van der Waals surface area contributed by atoms with Crippen molar-refractivity contribution in [3.05, 3.63) is 71.8 Å². The summed E-state index contributed by atoms with van der Waals surface area (Å²) >= 11 is 0. The zero-order valence-corrected chi connectivity index (χ0v) is 50.1. The molecule has 1 aliphatic heterocycles. The summed E-state index contributed by atoms with van der Waals surface area (Å²) in [6.45, 7) is 14.6. The molecule has 0 spiro atoms. The molecule has 2 aromatic rings. The molecule has 3 rings (SSSR count). The third kappa shape index (κ3) is 24.1. The van der Waals surface area contributed by atoms with Gasteiger partial charge in [-0.1, -0.05) is 116 Å². The number of hydrogen-bond donors (Lipinski definition) is 13. The van der Waals surface area contributed by atoms with Gasteiger partial charge in [0, 0.05) is 12.8 Å². The lowest BCUT2D eigenvalue weighted by molar-refractivity contribution is -0.141. The summed E-state index contributed by atoms with van der Waals surface area (Å²) in [5.74, 6) is -10.5. The zero-order chi connectivity index (χ0) is 61.8. The molecule has 1 heterocycles. The van der Waals surface area contributed by atoms with Crippen molar-refractivity contribution in [1.82, 2.24) is 47.9 Å². The number of nitrogens with one attached hydrogen (secondary N) is 9. The van der Waals surface area contributed by atoms with Gasteiger partial charge in [0.1, 0.15) is 54.3 Å². The van der Waals surface area contributed by atoms with Crippen molar-refractivity contribution in [3.63, 3.8) is 0 Å². The van der Waals surface area contributed by atoms with E-state index in [4.69, 9.17) is 22.9 Å². The second-order valence-corrected chi connectivity index (χ2v) is 23.2. The summed E-state index contributed by atoms with van der Waals surface area (Å²) in [4.78, 5) is 146. The van der Waals surface area contributed by atoms with Crippen molar-refractivity contribution >= 4 is 58.9 Å². The van der Waals surface area contributed by atoms with Crippen LogP contribution in [0.25, 0.3) is 0 Å². The summed E-state index contributed by atoms with van der Waals surface area (Å²) in [5, 5.41) is 25.1. The summed E-state index contributed by atoms with van der Waals surface area (Å²) in [6.07, 6.45) is 1.20. The van der Waals surface area contributed by atoms with Gasteiger partial charge in [-0.15, -0.1) is 0 Å². The van der Waals surface area contributed by atoms with E-state index in [1.807, 2.05) is 27.7 Å². The molecule has 0 bridgehead atoms. The maximum absolute atomic E-state index is 14.9. The monoisotopic (exact) mass is 1160 g/mol. The minimum Gasteiger partial charge on any atom is -0.344 e. The highest BCUT2D eigenvalue weighted by Crippen LogP contribution is 2.20. The van der Waals surface area contributed by atoms with Crippen LogP contribution in [0.1, 0.15) is 131 Å². The van der Waals surface area contributed by atoms with E-state index in [9.17, 15) is 47.9 Å². The number of amides is 9. The topological polar surface area (TPSA) is 383 Å². The van der Waals surface area contributed by atoms with Gasteiger partial charge in [-0.3, -0.25) is 47.9 Å². The van der Waals surface area contributed by atoms with Gasteiger partial charge in [-0.05, 0) is 125 Å². The Morgan fingerprint density at radius 2 is 0.627 bits per heavy atom. The number of Topliss-reactive ketones (excluding diaryl/α,β-unsaturated/α-hetero) is 1. The molecule has 1 saturated heterocycles. The van der Waals surface area contributed by atoms with E-state index in [0.717, 1.165) is 0 Å². The molecule has 462 valence electrons. The molecule has 23 nitrogen and oxygen atoms in total. The molecule has 2 aromatic carbocycles. The highest BCUT2D eigenvalue weighted by atomic mass is 16.2. The van der Waals surface area contributed by atoms with E-state index < -0.39 is 131 Å². The lowest BCUT2D eigenvalue weighted by Crippen LogP contribution is -2.61. The molecule has 0 aromatic heterocycles. The summed E-state index contributed by atoms with van der Waals surface area (Å²) < 4.78 is 0. The maximum Gasteiger partial charge on any atom is 0.243 e. The molecule has 10 atom stereocenters. The molecule has 0 saturated carbocycles. The standard InChI is InChI=1S/C60H97N13O10/c1-35(2)31-45-56(79)72-48(34-40-21-13-10-14-22-40)58(81)66-44(26-18-30-64)54(77)73-50(38(7)8)60(83)68-43(25-17-29-63)53(76)70-46(32-36(3)4)55(78)71-47(33-39-19-11-9-12-20-39)57(80)65-41(23-15-27-61)51(74)49(37(5)6)59(82)67-42(24-16-28-62)52(75)69-45/h9-14,19-22,35-38,41-50H,15-18,23-34,61-64H2,1-8H3,(H,65,80)(H,66,81)(H,67,82)(H,68,83)(H,69,75)(H,70,76)(H,71,78)(H,72,79)(H,73,77)/t41-,42-,43-,44-,45-,46-,47+,48+,49-,50-/m0/s1. The maximum atomic E-state index is 14.9. The average Bonchev–Trinajstić information content (AvgIpc) is 3.61. The Kier molecular flexibility index (Phi) is 31.1. The van der Waals surface area contributed by atoms with E-state index in [-0.39, 0.29) is 115 Å². The second kappa shape index (κ2) is 36.7. The first-order valence-corrected chi connectivity index (χ1v) is 29.6. The first-order valence-electron chi connectivity index (χ1n) is 29.6. The van der Waals surface area contributed by atoms with E-state index >= 15 is 0 Å². The second-order valence-electron chi connectivity index (χ2n) is 23.2. The first-order chi connectivity index (χ1) is 39.4. The summed E-state index contributed by atoms with van der Waals surface area (Å²) in [6, 6.07) is 6.07. The molecule has 1 aliphatic rings. The normalized spacial score (nSPS) is 24.8. The molecule has 23 heteroatoms. The molecule has 9 amide bonds. The molecule has 17 N–H and O–H groups in total. The van der Waals surface area contributed by atoms with Crippen LogP contribution in [0.5, 0.6) is 0 Å². The highest BCUT2D eigenvalue weighted by molar-refractivity contribution is 6.07. The van der Waals surface area contributed by atoms with Crippen LogP contribution in [-0.4, -0.2) is 140 Å². The van der Waals surface area contributed by atoms with Crippen LogP contribution in [-0.2, 0) is 60.8 Å². The Morgan fingerprint density at radius 1 is 0.337 bits per heavy atom. The Morgan fingerprint density at radius 3 is 0.976 bits per heavy atom. The number of benzene rings is 2. The molecule has 0 unspecified atom stereocenters. The molecular weight excluding hydrogens is 1060 g/mol. The van der Waals surface area contributed by atoms with Crippen molar-refractivity contribution in [2.24, 2.45) is 52.5 Å². The fourth-order valence-electron chi connectivity index (χ4n) is 9.83. The Labute approximate surface area is 490 Å². The highest BCUT2D eigenvalue weighted by Gasteiger charge is 2.40. The predicted octanol–water partition coefficient (Wildman–Crippen LogP) is 0.394. The van der Waals surface area contributed by atoms with Gasteiger partial charge >= 0.3 is 0 Å². The van der Waals surface area contributed by atoms with Gasteiger partial charge in [0.2, 0.25) is 53.2 Å². The molecule has 0 radical (unpaired) electrons. The SMILES string of the molecule is CC(C)C[C@@H]1NC(=O)[C@H](CCCN)NC(=O)[C@@H](C(C)C)C(=O)[C@H](CCCN)NC(=O)[C@@H](Cc2ccccc2)NC(=O)[C@H](CC(C)C)NC(=O)[C@H](CCCN)NC(=O)[C@H](C(C)C)NC(=O)[C@H](CCCN)NC(=O)[C@@H](Cc2ccccc2)NC1=O. The van der Waals surface area contributed by atoms with Crippen LogP contribution < -0.4 is 70.8 Å². The Balaban J connectivity index is 2.30. The van der Waals surface area contributed by atoms with E-state index in [1.165, 1.54) is 0 Å². The number of rotatable bonds is 22. The largest absolute Gasteiger partial charge is 0.344 e. The fraction of sp³-hybridized carbons (Fsp3) is 0.633. The van der Waals surface area contributed by atoms with Crippen molar-refractivity contribution in [3.8, 4) is 0 Å². The van der Waals surface area contributed by atoms with E-state index in [0.29, 0.717) is 11.1 Å². The quantitative estimate of drug-likeness (QED) is 0.0710. The fourth-order valence-corrected chi connectivity index (χ4v) is 9.83. The molecule has 83 heavy (non-hydrogen) atoms. The van der Waals surface area contributed by atoms with Crippen molar-refractivity contribution in [2.45, 2.75) is 187 Å². The lowest BCUT2D eigenvalue weighted by atomic mass is 9.85. The number of ketones is 1. The number of carbonyl (C=O) groups is 10. The Hall–Kier alpha value is -6.82. The van der Waals surface area contributed by atoms with Crippen LogP contribution in [0.15, 0.2) is 60.7 Å². The molecular formula is C60H97N13O10. The van der Waals surface area contributed by atoms with Gasteiger partial charge in [0.05, 0.1) is 6.04 Å². The lowest BCUT2D eigenvalue weighted by Gasteiger charge is -2.30. The summed E-state index contributed by atoms with van der Waals surface area (Å²) in [5.41, 5.74) is 25.0. The van der Waals surface area contributed by atoms with Gasteiger partial charge in [0.25, 0.3) is 0 Å². The van der Waals surface area contributed by atoms with Crippen molar-refractivity contribution < 1.29 is 47.9 Å². The zero-order valence-electron chi connectivity index (χ0n) is 50.1. The Bertz CT molecular complexity index is 2410. The van der Waals surface area contributed by atoms with E-state index in [1.54, 1.807) is 88.4 Å². The minimum atomic E-state index is -1.43. The van der Waals surface area contributed by atoms with Crippen LogP contribution in [0.3, 0.4) is 0 Å². The van der Waals surface area contributed by atoms with Gasteiger partial charge < -0.3 is 70.8 Å². The van der Waals surface area contributed by atoms with E-state index in [2.05, 4.69) is 47.9 Å². The van der Waals surface area contributed by atoms with Gasteiger partial charge in [-0.25, -0.2) is 0 Å².